The zero-order chi connectivity index (χ0) is 28.5. The van der Waals surface area contributed by atoms with Crippen LogP contribution in [-0.2, 0) is 19.2 Å². The van der Waals surface area contributed by atoms with E-state index >= 15 is 0 Å². The molecular weight excluding hydrogens is 504 g/mol. The maximum absolute atomic E-state index is 12.0. The van der Waals surface area contributed by atoms with Crippen LogP contribution in [-0.4, -0.2) is 36.1 Å². The molecule has 0 aliphatic heterocycles. The highest BCUT2D eigenvalue weighted by Gasteiger charge is 2.13. The van der Waals surface area contributed by atoms with Gasteiger partial charge in [0.2, 0.25) is 0 Å². The van der Waals surface area contributed by atoms with Crippen LogP contribution in [0.4, 0.5) is 0 Å². The summed E-state index contributed by atoms with van der Waals surface area (Å²) in [5.74, 6) is -1.68. The number of hydrogen-bond acceptors (Lipinski definition) is 8. The molecule has 0 aromatic heterocycles. The lowest BCUT2D eigenvalue weighted by molar-refractivity contribution is -0.133. The molecule has 39 heavy (non-hydrogen) atoms. The Morgan fingerprint density at radius 2 is 1.18 bits per heavy atom. The number of ether oxygens (including phenoxy) is 4. The lowest BCUT2D eigenvalue weighted by atomic mass is 10.0. The van der Waals surface area contributed by atoms with E-state index in [9.17, 15) is 24.3 Å². The number of carbonyl (C=O) groups is 4. The van der Waals surface area contributed by atoms with Crippen molar-refractivity contribution in [3.05, 3.63) is 82.9 Å². The van der Waals surface area contributed by atoms with E-state index in [2.05, 4.69) is 0 Å². The van der Waals surface area contributed by atoms with Gasteiger partial charge >= 0.3 is 23.9 Å². The summed E-state index contributed by atoms with van der Waals surface area (Å²) < 4.78 is 20.6. The summed E-state index contributed by atoms with van der Waals surface area (Å²) in [4.78, 5) is 46.0. The van der Waals surface area contributed by atoms with Gasteiger partial charge in [0.05, 0.1) is 12.7 Å². The Balaban J connectivity index is 1.87. The van der Waals surface area contributed by atoms with Gasteiger partial charge in [-0.25, -0.2) is 4.79 Å². The molecule has 1 N–H and O–H groups in total. The van der Waals surface area contributed by atoms with Crippen LogP contribution in [0, 0.1) is 0 Å². The summed E-state index contributed by atoms with van der Waals surface area (Å²) in [7, 11) is 1.42. The lowest BCUT2D eigenvalue weighted by Gasteiger charge is -2.09. The standard InChI is InChI=1S/C30H26O9/c1-18(31)37-25-13-22(14-26(17-25)38-19(2)32)6-5-21-7-10-24(11-8-21)27(30(34)35)15-23-9-12-28(39-20(3)33)29(16-23)36-4/h5-17H,1-4H3,(H,34,35). The van der Waals surface area contributed by atoms with Crippen LogP contribution in [0.3, 0.4) is 0 Å². The lowest BCUT2D eigenvalue weighted by Crippen LogP contribution is -2.04. The number of carboxylic acid groups (broad SMARTS) is 1. The molecule has 0 atom stereocenters. The fourth-order valence-electron chi connectivity index (χ4n) is 3.55. The van der Waals surface area contributed by atoms with Gasteiger partial charge in [0.15, 0.2) is 11.5 Å². The summed E-state index contributed by atoms with van der Waals surface area (Å²) >= 11 is 0. The van der Waals surface area contributed by atoms with E-state index in [1.807, 2.05) is 0 Å². The van der Waals surface area contributed by atoms with Crippen molar-refractivity contribution in [2.24, 2.45) is 0 Å². The molecule has 3 aromatic rings. The summed E-state index contributed by atoms with van der Waals surface area (Å²) in [6.07, 6.45) is 5.00. The molecule has 0 unspecified atom stereocenters. The van der Waals surface area contributed by atoms with Crippen molar-refractivity contribution >= 4 is 47.7 Å². The van der Waals surface area contributed by atoms with E-state index in [4.69, 9.17) is 18.9 Å². The average molecular weight is 531 g/mol. The van der Waals surface area contributed by atoms with E-state index in [-0.39, 0.29) is 22.8 Å². The second-order valence-electron chi connectivity index (χ2n) is 8.25. The summed E-state index contributed by atoms with van der Waals surface area (Å²) in [6, 6.07) is 16.2. The SMILES string of the molecule is COc1cc(C=C(C(=O)O)c2ccc(C=Cc3cc(OC(C)=O)cc(OC(C)=O)c3)cc2)ccc1OC(C)=O. The molecule has 3 rings (SSSR count). The van der Waals surface area contributed by atoms with Crippen molar-refractivity contribution in [1.29, 1.82) is 0 Å². The third-order valence-corrected chi connectivity index (χ3v) is 5.10. The fourth-order valence-corrected chi connectivity index (χ4v) is 3.55. The van der Waals surface area contributed by atoms with E-state index in [0.717, 1.165) is 5.56 Å². The van der Waals surface area contributed by atoms with Gasteiger partial charge in [0, 0.05) is 26.8 Å². The average Bonchev–Trinajstić information content (AvgIpc) is 2.85. The smallest absolute Gasteiger partial charge is 0.336 e. The van der Waals surface area contributed by atoms with Crippen LogP contribution >= 0.6 is 0 Å². The van der Waals surface area contributed by atoms with Crippen molar-refractivity contribution in [3.63, 3.8) is 0 Å². The first-order valence-corrected chi connectivity index (χ1v) is 11.7. The predicted molar refractivity (Wildman–Crippen MR) is 144 cm³/mol. The third-order valence-electron chi connectivity index (χ3n) is 5.10. The minimum absolute atomic E-state index is 0.0490. The van der Waals surface area contributed by atoms with Crippen LogP contribution in [0.15, 0.2) is 60.7 Å². The van der Waals surface area contributed by atoms with Gasteiger partial charge in [0.1, 0.15) is 11.5 Å². The van der Waals surface area contributed by atoms with E-state index in [0.29, 0.717) is 22.4 Å². The highest BCUT2D eigenvalue weighted by Crippen LogP contribution is 2.30. The zero-order valence-corrected chi connectivity index (χ0v) is 21.7. The third kappa shape index (κ3) is 8.43. The number of aliphatic carboxylic acids is 1. The van der Waals surface area contributed by atoms with Crippen LogP contribution in [0.25, 0.3) is 23.8 Å². The minimum atomic E-state index is -1.12. The molecule has 0 bridgehead atoms. The van der Waals surface area contributed by atoms with Crippen LogP contribution < -0.4 is 18.9 Å². The van der Waals surface area contributed by atoms with Crippen molar-refractivity contribution in [3.8, 4) is 23.0 Å². The Hall–Kier alpha value is -5.18. The number of hydrogen-bond donors (Lipinski definition) is 1. The van der Waals surface area contributed by atoms with Gasteiger partial charge in [-0.2, -0.15) is 0 Å². The molecule has 200 valence electrons. The Morgan fingerprint density at radius 1 is 0.641 bits per heavy atom. The van der Waals surface area contributed by atoms with Crippen LogP contribution in [0.1, 0.15) is 43.0 Å². The first-order valence-electron chi connectivity index (χ1n) is 11.7. The second-order valence-corrected chi connectivity index (χ2v) is 8.25. The quantitative estimate of drug-likeness (QED) is 0.170. The first kappa shape index (κ1) is 28.4. The summed E-state index contributed by atoms with van der Waals surface area (Å²) in [6.45, 7) is 3.81. The molecule has 0 aliphatic rings. The van der Waals surface area contributed by atoms with Gasteiger partial charge in [-0.05, 0) is 52.6 Å². The Morgan fingerprint density at radius 3 is 1.69 bits per heavy atom. The number of rotatable bonds is 9. The molecular formula is C30H26O9. The topological polar surface area (TPSA) is 125 Å². The summed E-state index contributed by atoms with van der Waals surface area (Å²) in [5.41, 5.74) is 2.44. The van der Waals surface area contributed by atoms with Crippen molar-refractivity contribution in [2.45, 2.75) is 20.8 Å². The monoisotopic (exact) mass is 530 g/mol. The molecule has 0 fully saturated rings. The van der Waals surface area contributed by atoms with E-state index < -0.39 is 23.9 Å². The molecule has 0 radical (unpaired) electrons. The highest BCUT2D eigenvalue weighted by atomic mass is 16.6. The number of carbonyl (C=O) groups excluding carboxylic acids is 3. The van der Waals surface area contributed by atoms with Crippen LogP contribution in [0.5, 0.6) is 23.0 Å². The van der Waals surface area contributed by atoms with Gasteiger partial charge in [0.25, 0.3) is 0 Å². The largest absolute Gasteiger partial charge is 0.493 e. The highest BCUT2D eigenvalue weighted by molar-refractivity contribution is 6.20. The zero-order valence-electron chi connectivity index (χ0n) is 21.7. The Kier molecular flexibility index (Phi) is 9.37. The fraction of sp³-hybridized carbons (Fsp3) is 0.133. The van der Waals surface area contributed by atoms with Gasteiger partial charge in [-0.3, -0.25) is 14.4 Å². The number of benzene rings is 3. The first-order chi connectivity index (χ1) is 18.5. The minimum Gasteiger partial charge on any atom is -0.493 e. The van der Waals surface area contributed by atoms with Crippen LogP contribution in [0.2, 0.25) is 0 Å². The van der Waals surface area contributed by atoms with Crippen molar-refractivity contribution < 1.29 is 43.2 Å². The van der Waals surface area contributed by atoms with E-state index in [1.54, 1.807) is 60.7 Å². The molecule has 0 heterocycles. The molecule has 0 amide bonds. The maximum Gasteiger partial charge on any atom is 0.336 e. The molecule has 3 aromatic carbocycles. The number of carboxylic acids is 1. The molecule has 0 saturated heterocycles. The Labute approximate surface area is 224 Å². The summed E-state index contributed by atoms with van der Waals surface area (Å²) in [5, 5.41) is 9.83. The second kappa shape index (κ2) is 12.9. The predicted octanol–water partition coefficient (Wildman–Crippen LogP) is 5.27. The normalized spacial score (nSPS) is 11.1. The molecule has 9 heteroatoms. The molecule has 0 aliphatic carbocycles. The Bertz CT molecular complexity index is 1430. The van der Waals surface area contributed by atoms with Gasteiger partial charge in [-0.1, -0.05) is 42.5 Å². The number of esters is 3. The van der Waals surface area contributed by atoms with Crippen molar-refractivity contribution in [2.75, 3.05) is 7.11 Å². The van der Waals surface area contributed by atoms with Gasteiger partial charge in [-0.15, -0.1) is 0 Å². The van der Waals surface area contributed by atoms with E-state index in [1.165, 1.54) is 46.1 Å². The van der Waals surface area contributed by atoms with Gasteiger partial charge < -0.3 is 24.1 Å². The maximum atomic E-state index is 12.0. The molecule has 0 spiro atoms. The molecule has 0 saturated carbocycles. The molecule has 9 nitrogen and oxygen atoms in total. The number of methoxy groups -OCH3 is 1. The van der Waals surface area contributed by atoms with Crippen molar-refractivity contribution in [1.82, 2.24) is 0 Å².